The zero-order valence-electron chi connectivity index (χ0n) is 18.6. The monoisotopic (exact) mass is 502 g/mol. The Balaban J connectivity index is 1.48. The highest BCUT2D eigenvalue weighted by Gasteiger charge is 2.33. The van der Waals surface area contributed by atoms with E-state index in [4.69, 9.17) is 4.74 Å². The molecule has 0 fully saturated rings. The van der Waals surface area contributed by atoms with Crippen molar-refractivity contribution >= 4 is 38.0 Å². The maximum atomic E-state index is 14.4. The van der Waals surface area contributed by atoms with Crippen LogP contribution in [0.2, 0.25) is 0 Å². The number of aryl methyl sites for hydroxylation is 1. The first-order valence-electron chi connectivity index (χ1n) is 10.7. The molecule has 1 aliphatic carbocycles. The molecule has 2 aromatic carbocycles. The Morgan fingerprint density at radius 1 is 1.26 bits per heavy atom. The molecule has 34 heavy (non-hydrogen) atoms. The normalized spacial score (nSPS) is 15.6. The highest BCUT2D eigenvalue weighted by Crippen LogP contribution is 2.39. The highest BCUT2D eigenvalue weighted by molar-refractivity contribution is 7.91. The van der Waals surface area contributed by atoms with E-state index in [2.05, 4.69) is 10.3 Å². The molecule has 4 rings (SSSR count). The number of thiazole rings is 1. The van der Waals surface area contributed by atoms with Gasteiger partial charge in [0.15, 0.2) is 20.8 Å². The van der Waals surface area contributed by atoms with Crippen LogP contribution in [-0.2, 0) is 27.5 Å². The largest absolute Gasteiger partial charge is 0.496 e. The van der Waals surface area contributed by atoms with E-state index in [1.807, 2.05) is 24.3 Å². The Labute approximate surface area is 200 Å². The van der Waals surface area contributed by atoms with Crippen molar-refractivity contribution in [3.8, 4) is 5.75 Å². The van der Waals surface area contributed by atoms with Crippen LogP contribution in [0.15, 0.2) is 47.4 Å². The third-order valence-corrected chi connectivity index (χ3v) is 8.54. The van der Waals surface area contributed by atoms with Gasteiger partial charge in [0, 0.05) is 5.56 Å². The molecule has 0 saturated carbocycles. The molecule has 0 aliphatic heterocycles. The fourth-order valence-corrected chi connectivity index (χ4v) is 5.87. The van der Waals surface area contributed by atoms with Crippen molar-refractivity contribution in [3.05, 3.63) is 70.0 Å². The molecule has 0 bridgehead atoms. The van der Waals surface area contributed by atoms with Crippen LogP contribution in [0.3, 0.4) is 0 Å². The number of ether oxygens (including phenoxy) is 1. The summed E-state index contributed by atoms with van der Waals surface area (Å²) in [5.74, 6) is -1.18. The predicted molar refractivity (Wildman–Crippen MR) is 127 cm³/mol. The minimum absolute atomic E-state index is 0.0671. The van der Waals surface area contributed by atoms with Crippen molar-refractivity contribution in [1.82, 2.24) is 4.98 Å². The van der Waals surface area contributed by atoms with Crippen LogP contribution in [-0.4, -0.2) is 38.0 Å². The Kier molecular flexibility index (Phi) is 6.81. The molecule has 1 heterocycles. The van der Waals surface area contributed by atoms with Crippen LogP contribution in [0.1, 0.15) is 45.8 Å². The number of Topliss-reactive ketones (excluding diaryl/α,β-unsaturated/α-hetero) is 1. The van der Waals surface area contributed by atoms with Crippen molar-refractivity contribution in [3.63, 3.8) is 0 Å². The van der Waals surface area contributed by atoms with Gasteiger partial charge in [0.1, 0.15) is 11.6 Å². The second kappa shape index (κ2) is 9.63. The van der Waals surface area contributed by atoms with Gasteiger partial charge in [-0.2, -0.15) is 0 Å². The van der Waals surface area contributed by atoms with Gasteiger partial charge in [-0.25, -0.2) is 17.8 Å². The number of hydrogen-bond donors (Lipinski definition) is 1. The molecule has 1 amide bonds. The van der Waals surface area contributed by atoms with Crippen molar-refractivity contribution < 1.29 is 27.1 Å². The smallest absolute Gasteiger partial charge is 0.230 e. The van der Waals surface area contributed by atoms with Crippen LogP contribution in [0.4, 0.5) is 9.52 Å². The third-order valence-electron chi connectivity index (χ3n) is 5.78. The number of hydrogen-bond acceptors (Lipinski definition) is 7. The standard InChI is InChI=1S/C24H23FN2O5S2/c1-3-34(30,31)15-9-8-14(18(25)13-15)12-21(28)27-24-26-19-11-10-17(22(29)23(19)33-24)16-6-4-5-7-20(16)32-2/h4-9,13,17H,3,10-12H2,1-2H3,(H,26,27,28). The van der Waals surface area contributed by atoms with E-state index in [9.17, 15) is 22.4 Å². The number of para-hydroxylation sites is 1. The molecule has 0 spiro atoms. The Hall–Kier alpha value is -3.11. The van der Waals surface area contributed by atoms with E-state index in [1.54, 1.807) is 7.11 Å². The lowest BCUT2D eigenvalue weighted by molar-refractivity contribution is -0.115. The summed E-state index contributed by atoms with van der Waals surface area (Å²) < 4.78 is 43.6. The number of nitrogens with one attached hydrogen (secondary N) is 1. The first kappa shape index (κ1) is 24.0. The fourth-order valence-electron chi connectivity index (χ4n) is 3.96. The molecule has 1 atom stereocenters. The third kappa shape index (κ3) is 4.74. The number of nitrogens with zero attached hydrogens (tertiary/aromatic N) is 1. The summed E-state index contributed by atoms with van der Waals surface area (Å²) in [5.41, 5.74) is 1.53. The van der Waals surface area contributed by atoms with Crippen molar-refractivity contribution in [2.75, 3.05) is 18.2 Å². The lowest BCUT2D eigenvalue weighted by Gasteiger charge is -2.21. The van der Waals surface area contributed by atoms with Crippen LogP contribution < -0.4 is 10.1 Å². The first-order valence-corrected chi connectivity index (χ1v) is 13.2. The molecule has 1 aliphatic rings. The maximum absolute atomic E-state index is 14.4. The van der Waals surface area contributed by atoms with Gasteiger partial charge in [-0.15, -0.1) is 0 Å². The second-order valence-electron chi connectivity index (χ2n) is 7.87. The number of benzene rings is 2. The molecule has 1 aromatic heterocycles. The van der Waals surface area contributed by atoms with Crippen LogP contribution >= 0.6 is 11.3 Å². The van der Waals surface area contributed by atoms with Gasteiger partial charge < -0.3 is 10.1 Å². The van der Waals surface area contributed by atoms with Gasteiger partial charge in [0.25, 0.3) is 0 Å². The summed E-state index contributed by atoms with van der Waals surface area (Å²) in [6, 6.07) is 10.9. The number of aromatic nitrogens is 1. The molecule has 178 valence electrons. The van der Waals surface area contributed by atoms with Gasteiger partial charge in [-0.1, -0.05) is 42.5 Å². The van der Waals surface area contributed by atoms with E-state index in [-0.39, 0.29) is 39.5 Å². The van der Waals surface area contributed by atoms with Crippen molar-refractivity contribution in [2.24, 2.45) is 0 Å². The number of sulfone groups is 1. The summed E-state index contributed by atoms with van der Waals surface area (Å²) in [7, 11) is -1.97. The Bertz CT molecular complexity index is 1370. The Morgan fingerprint density at radius 3 is 2.74 bits per heavy atom. The van der Waals surface area contributed by atoms with E-state index in [1.165, 1.54) is 19.1 Å². The zero-order chi connectivity index (χ0) is 24.5. The zero-order valence-corrected chi connectivity index (χ0v) is 20.3. The lowest BCUT2D eigenvalue weighted by Crippen LogP contribution is -2.20. The van der Waals surface area contributed by atoms with Crippen LogP contribution in [0.25, 0.3) is 0 Å². The minimum atomic E-state index is -3.54. The molecule has 0 saturated heterocycles. The number of carbonyl (C=O) groups excluding carboxylic acids is 2. The summed E-state index contributed by atoms with van der Waals surface area (Å²) >= 11 is 1.10. The first-order chi connectivity index (χ1) is 16.2. The van der Waals surface area contributed by atoms with Gasteiger partial charge >= 0.3 is 0 Å². The second-order valence-corrected chi connectivity index (χ2v) is 11.2. The molecule has 1 unspecified atom stereocenters. The van der Waals surface area contributed by atoms with Crippen LogP contribution in [0.5, 0.6) is 5.75 Å². The molecular formula is C24H23FN2O5S2. The number of ketones is 1. The van der Waals surface area contributed by atoms with Gasteiger partial charge in [-0.3, -0.25) is 9.59 Å². The molecule has 10 heteroatoms. The lowest BCUT2D eigenvalue weighted by atomic mass is 9.84. The number of halogens is 1. The number of rotatable bonds is 7. The summed E-state index contributed by atoms with van der Waals surface area (Å²) in [4.78, 5) is 30.4. The van der Waals surface area contributed by atoms with E-state index in [0.29, 0.717) is 29.2 Å². The number of anilines is 1. The molecule has 1 N–H and O–H groups in total. The SMILES string of the molecule is CCS(=O)(=O)c1ccc(CC(=O)Nc2nc3c(s2)C(=O)C(c2ccccc2OC)CC3)c(F)c1. The van der Waals surface area contributed by atoms with E-state index in [0.717, 1.165) is 23.0 Å². The Morgan fingerprint density at radius 2 is 2.03 bits per heavy atom. The van der Waals surface area contributed by atoms with Crippen molar-refractivity contribution in [1.29, 1.82) is 0 Å². The number of amides is 1. The van der Waals surface area contributed by atoms with Gasteiger partial charge in [0.05, 0.1) is 40.7 Å². The fraction of sp³-hybridized carbons (Fsp3) is 0.292. The molecular weight excluding hydrogens is 479 g/mol. The van der Waals surface area contributed by atoms with Crippen LogP contribution in [0, 0.1) is 5.82 Å². The maximum Gasteiger partial charge on any atom is 0.230 e. The summed E-state index contributed by atoms with van der Waals surface area (Å²) in [6.45, 7) is 1.48. The van der Waals surface area contributed by atoms with Crippen molar-refractivity contribution in [2.45, 2.75) is 37.0 Å². The summed E-state index contributed by atoms with van der Waals surface area (Å²) in [6.07, 6.45) is 0.875. The number of carbonyl (C=O) groups is 2. The molecule has 7 nitrogen and oxygen atoms in total. The average molecular weight is 503 g/mol. The average Bonchev–Trinajstić information content (AvgIpc) is 3.24. The van der Waals surface area contributed by atoms with E-state index < -0.39 is 21.6 Å². The minimum Gasteiger partial charge on any atom is -0.496 e. The van der Waals surface area contributed by atoms with Gasteiger partial charge in [-0.05, 0) is 36.6 Å². The summed E-state index contributed by atoms with van der Waals surface area (Å²) in [5, 5.41) is 2.91. The molecule has 0 radical (unpaired) electrons. The highest BCUT2D eigenvalue weighted by atomic mass is 32.2. The number of methoxy groups -OCH3 is 1. The predicted octanol–water partition coefficient (Wildman–Crippen LogP) is 4.18. The van der Waals surface area contributed by atoms with Gasteiger partial charge in [0.2, 0.25) is 5.91 Å². The molecule has 3 aromatic rings. The quantitative estimate of drug-likeness (QED) is 0.520. The number of fused-ring (bicyclic) bond motifs is 1. The topological polar surface area (TPSA) is 102 Å². The van der Waals surface area contributed by atoms with E-state index >= 15 is 0 Å².